The molecule has 1 aromatic rings. The molecule has 1 heterocycles. The first-order valence-corrected chi connectivity index (χ1v) is 8.76. The predicted molar refractivity (Wildman–Crippen MR) is 89.2 cm³/mol. The van der Waals surface area contributed by atoms with Crippen molar-refractivity contribution >= 4 is 0 Å². The van der Waals surface area contributed by atoms with Crippen LogP contribution >= 0.6 is 0 Å². The van der Waals surface area contributed by atoms with E-state index in [4.69, 9.17) is 9.47 Å². The summed E-state index contributed by atoms with van der Waals surface area (Å²) in [5, 5.41) is 3.75. The van der Waals surface area contributed by atoms with Crippen molar-refractivity contribution in [3.05, 3.63) is 34.9 Å². The van der Waals surface area contributed by atoms with Gasteiger partial charge in [-0.1, -0.05) is 30.7 Å². The van der Waals surface area contributed by atoms with Gasteiger partial charge in [0.2, 0.25) is 0 Å². The number of benzene rings is 1. The maximum Gasteiger partial charge on any atom is 0.0619 e. The van der Waals surface area contributed by atoms with E-state index in [0.29, 0.717) is 18.1 Å². The quantitative estimate of drug-likeness (QED) is 0.817. The van der Waals surface area contributed by atoms with E-state index in [1.807, 2.05) is 0 Å². The number of hydrogen-bond acceptors (Lipinski definition) is 3. The molecule has 0 radical (unpaired) electrons. The van der Waals surface area contributed by atoms with E-state index in [-0.39, 0.29) is 0 Å². The van der Waals surface area contributed by atoms with E-state index in [2.05, 4.69) is 37.4 Å². The Morgan fingerprint density at radius 1 is 1.27 bits per heavy atom. The highest BCUT2D eigenvalue weighted by Gasteiger charge is 2.28. The Labute approximate surface area is 134 Å². The molecule has 0 unspecified atom stereocenters. The normalized spacial score (nSPS) is 25.4. The molecule has 122 valence electrons. The molecule has 1 N–H and O–H groups in total. The van der Waals surface area contributed by atoms with Crippen molar-refractivity contribution in [3.63, 3.8) is 0 Å². The van der Waals surface area contributed by atoms with Crippen LogP contribution in [-0.4, -0.2) is 32.5 Å². The Balaban J connectivity index is 1.41. The number of rotatable bonds is 6. The van der Waals surface area contributed by atoms with E-state index < -0.39 is 0 Å². The summed E-state index contributed by atoms with van der Waals surface area (Å²) >= 11 is 0. The summed E-state index contributed by atoms with van der Waals surface area (Å²) in [7, 11) is 0. The molecular formula is C19H29NO2. The molecule has 1 aliphatic carbocycles. The van der Waals surface area contributed by atoms with Crippen LogP contribution in [0, 0.1) is 12.8 Å². The second kappa shape index (κ2) is 7.58. The highest BCUT2D eigenvalue weighted by atomic mass is 16.5. The molecule has 3 heteroatoms. The zero-order chi connectivity index (χ0) is 15.4. The van der Waals surface area contributed by atoms with Crippen LogP contribution in [0.5, 0.6) is 0 Å². The molecule has 1 saturated heterocycles. The van der Waals surface area contributed by atoms with Crippen LogP contribution in [0.3, 0.4) is 0 Å². The predicted octanol–water partition coefficient (Wildman–Crippen LogP) is 3.40. The molecule has 0 spiro atoms. The Kier molecular flexibility index (Phi) is 5.51. The van der Waals surface area contributed by atoms with Gasteiger partial charge < -0.3 is 14.8 Å². The molecule has 3 nitrogen and oxygen atoms in total. The third kappa shape index (κ3) is 3.89. The van der Waals surface area contributed by atoms with Gasteiger partial charge in [0.05, 0.1) is 6.10 Å². The number of nitrogens with one attached hydrogen (secondary N) is 1. The molecule has 1 fully saturated rings. The van der Waals surface area contributed by atoms with E-state index in [9.17, 15) is 0 Å². The van der Waals surface area contributed by atoms with Crippen molar-refractivity contribution in [2.24, 2.45) is 5.92 Å². The Hall–Kier alpha value is -0.900. The molecule has 0 aromatic heterocycles. The largest absolute Gasteiger partial charge is 0.381 e. The van der Waals surface area contributed by atoms with Gasteiger partial charge in [-0.2, -0.15) is 0 Å². The van der Waals surface area contributed by atoms with Crippen molar-refractivity contribution in [2.75, 3.05) is 26.4 Å². The number of hydrogen-bond donors (Lipinski definition) is 1. The topological polar surface area (TPSA) is 30.5 Å². The van der Waals surface area contributed by atoms with Gasteiger partial charge in [-0.3, -0.25) is 0 Å². The minimum atomic E-state index is 0.419. The van der Waals surface area contributed by atoms with E-state index in [0.717, 1.165) is 45.6 Å². The lowest BCUT2D eigenvalue weighted by atomic mass is 10.0. The average Bonchev–Trinajstić information content (AvgIpc) is 2.83. The lowest BCUT2D eigenvalue weighted by Crippen LogP contribution is -2.27. The SMILES string of the molecule is Cc1ccc2c(c1)[C@H](NCCCOC1CCOCC1)[C@H](C)C2. The van der Waals surface area contributed by atoms with Crippen molar-refractivity contribution in [2.45, 2.75) is 51.7 Å². The maximum absolute atomic E-state index is 5.94. The lowest BCUT2D eigenvalue weighted by Gasteiger charge is -2.23. The summed E-state index contributed by atoms with van der Waals surface area (Å²) in [5.74, 6) is 0.688. The van der Waals surface area contributed by atoms with E-state index in [1.54, 1.807) is 0 Å². The van der Waals surface area contributed by atoms with Crippen molar-refractivity contribution in [1.29, 1.82) is 0 Å². The molecule has 0 amide bonds. The van der Waals surface area contributed by atoms with E-state index in [1.165, 1.54) is 23.1 Å². The van der Waals surface area contributed by atoms with Crippen LogP contribution in [0.15, 0.2) is 18.2 Å². The van der Waals surface area contributed by atoms with Crippen LogP contribution in [0.2, 0.25) is 0 Å². The van der Waals surface area contributed by atoms with Gasteiger partial charge >= 0.3 is 0 Å². The molecule has 2 aliphatic rings. The lowest BCUT2D eigenvalue weighted by molar-refractivity contribution is -0.0323. The van der Waals surface area contributed by atoms with Crippen LogP contribution < -0.4 is 5.32 Å². The van der Waals surface area contributed by atoms with Gasteiger partial charge in [0.25, 0.3) is 0 Å². The fourth-order valence-electron chi connectivity index (χ4n) is 3.69. The van der Waals surface area contributed by atoms with Crippen molar-refractivity contribution in [3.8, 4) is 0 Å². The summed E-state index contributed by atoms with van der Waals surface area (Å²) in [6.45, 7) is 8.15. The minimum absolute atomic E-state index is 0.419. The molecule has 0 saturated carbocycles. The Morgan fingerprint density at radius 2 is 2.09 bits per heavy atom. The molecule has 1 aromatic carbocycles. The van der Waals surface area contributed by atoms with Crippen molar-refractivity contribution < 1.29 is 9.47 Å². The summed E-state index contributed by atoms with van der Waals surface area (Å²) in [6.07, 6.45) is 4.81. The highest BCUT2D eigenvalue weighted by Crippen LogP contribution is 2.36. The standard InChI is InChI=1S/C19H29NO2/c1-14-4-5-16-13-15(2)19(18(16)12-14)20-8-3-9-22-17-6-10-21-11-7-17/h4-5,12,15,17,19-20H,3,6-11,13H2,1-2H3/t15-,19-/m1/s1. The first kappa shape index (κ1) is 16.0. The smallest absolute Gasteiger partial charge is 0.0619 e. The zero-order valence-corrected chi connectivity index (χ0v) is 13.9. The fraction of sp³-hybridized carbons (Fsp3) is 0.684. The van der Waals surface area contributed by atoms with E-state index >= 15 is 0 Å². The first-order valence-electron chi connectivity index (χ1n) is 8.76. The molecule has 0 bridgehead atoms. The van der Waals surface area contributed by atoms with Gasteiger partial charge in [0.1, 0.15) is 0 Å². The third-order valence-corrected chi connectivity index (χ3v) is 4.95. The van der Waals surface area contributed by atoms with Crippen LogP contribution in [0.4, 0.5) is 0 Å². The highest BCUT2D eigenvalue weighted by molar-refractivity contribution is 5.38. The summed E-state index contributed by atoms with van der Waals surface area (Å²) < 4.78 is 11.3. The van der Waals surface area contributed by atoms with Crippen molar-refractivity contribution in [1.82, 2.24) is 5.32 Å². The molecule has 22 heavy (non-hydrogen) atoms. The molecule has 3 rings (SSSR count). The fourth-order valence-corrected chi connectivity index (χ4v) is 3.69. The van der Waals surface area contributed by atoms with Gasteiger partial charge in [0.15, 0.2) is 0 Å². The monoisotopic (exact) mass is 303 g/mol. The van der Waals surface area contributed by atoms with Gasteiger partial charge in [-0.05, 0) is 56.2 Å². The molecule has 1 aliphatic heterocycles. The first-order chi connectivity index (χ1) is 10.7. The van der Waals surface area contributed by atoms with Gasteiger partial charge in [0, 0.05) is 25.9 Å². The average molecular weight is 303 g/mol. The Bertz CT molecular complexity index is 482. The minimum Gasteiger partial charge on any atom is -0.381 e. The number of fused-ring (bicyclic) bond motifs is 1. The second-order valence-corrected chi connectivity index (χ2v) is 6.85. The maximum atomic E-state index is 5.94. The van der Waals surface area contributed by atoms with Crippen LogP contribution in [0.1, 0.15) is 48.9 Å². The van der Waals surface area contributed by atoms with Gasteiger partial charge in [-0.15, -0.1) is 0 Å². The molecular weight excluding hydrogens is 274 g/mol. The molecule has 2 atom stereocenters. The van der Waals surface area contributed by atoms with Gasteiger partial charge in [-0.25, -0.2) is 0 Å². The zero-order valence-electron chi connectivity index (χ0n) is 13.9. The van der Waals surface area contributed by atoms with Crippen LogP contribution in [0.25, 0.3) is 0 Å². The summed E-state index contributed by atoms with van der Waals surface area (Å²) in [4.78, 5) is 0. The number of aryl methyl sites for hydroxylation is 1. The summed E-state index contributed by atoms with van der Waals surface area (Å²) in [5.41, 5.74) is 4.40. The number of ether oxygens (including phenoxy) is 2. The van der Waals surface area contributed by atoms with Crippen LogP contribution in [-0.2, 0) is 15.9 Å². The second-order valence-electron chi connectivity index (χ2n) is 6.85. The third-order valence-electron chi connectivity index (χ3n) is 4.95. The summed E-state index contributed by atoms with van der Waals surface area (Å²) in [6, 6.07) is 7.40. The Morgan fingerprint density at radius 3 is 2.91 bits per heavy atom.